The average molecular weight is 544 g/mol. The number of nitrogens with one attached hydrogen (secondary N) is 5. The number of hydrogen-bond acceptors (Lipinski definition) is 12. The molecule has 2 aromatic heterocycles. The summed E-state index contributed by atoms with van der Waals surface area (Å²) in [4.78, 5) is 26.8. The first-order valence-corrected chi connectivity index (χ1v) is 13.7. The Labute approximate surface area is 234 Å². The summed E-state index contributed by atoms with van der Waals surface area (Å²) in [7, 11) is 0. The van der Waals surface area contributed by atoms with E-state index in [4.69, 9.17) is 4.74 Å². The molecule has 0 atom stereocenters. The molecule has 0 unspecified atom stereocenters. The predicted octanol–water partition coefficient (Wildman–Crippen LogP) is 5.46. The van der Waals surface area contributed by atoms with Gasteiger partial charge >= 0.3 is 6.01 Å². The van der Waals surface area contributed by atoms with E-state index in [2.05, 4.69) is 70.3 Å². The zero-order valence-corrected chi connectivity index (χ0v) is 23.0. The van der Waals surface area contributed by atoms with Gasteiger partial charge in [0.15, 0.2) is 0 Å². The zero-order valence-electron chi connectivity index (χ0n) is 23.0. The van der Waals surface area contributed by atoms with Gasteiger partial charge in [0.05, 0.1) is 6.61 Å². The summed E-state index contributed by atoms with van der Waals surface area (Å²) in [6.45, 7) is 6.86. The summed E-state index contributed by atoms with van der Waals surface area (Å²) in [5, 5.41) is 16.2. The van der Waals surface area contributed by atoms with Gasteiger partial charge in [-0.2, -0.15) is 29.9 Å². The van der Waals surface area contributed by atoms with Gasteiger partial charge in [0.2, 0.25) is 29.7 Å². The van der Waals surface area contributed by atoms with E-state index < -0.39 is 0 Å². The average Bonchev–Trinajstić information content (AvgIpc) is 2.98. The van der Waals surface area contributed by atoms with Crippen LogP contribution in [0.3, 0.4) is 0 Å². The Hall–Kier alpha value is -4.74. The topological polar surface area (TPSA) is 147 Å². The van der Waals surface area contributed by atoms with Crippen molar-refractivity contribution in [1.82, 2.24) is 29.9 Å². The summed E-state index contributed by atoms with van der Waals surface area (Å²) in [6, 6.07) is 19.9. The maximum atomic E-state index is 5.87. The lowest BCUT2D eigenvalue weighted by atomic mass is 10.3. The van der Waals surface area contributed by atoms with Crippen LogP contribution in [0.2, 0.25) is 0 Å². The van der Waals surface area contributed by atoms with Crippen molar-refractivity contribution in [3.63, 3.8) is 0 Å². The van der Waals surface area contributed by atoms with E-state index >= 15 is 0 Å². The molecular weight excluding hydrogens is 506 g/mol. The molecule has 210 valence electrons. The fraction of sp³-hybridized carbons (Fsp3) is 0.357. The predicted molar refractivity (Wildman–Crippen MR) is 160 cm³/mol. The Morgan fingerprint density at radius 3 is 1.52 bits per heavy atom. The van der Waals surface area contributed by atoms with Gasteiger partial charge in [-0.1, -0.05) is 50.2 Å². The second kappa shape index (κ2) is 15.6. The van der Waals surface area contributed by atoms with Crippen LogP contribution in [0.1, 0.15) is 39.5 Å². The second-order valence-corrected chi connectivity index (χ2v) is 8.89. The Morgan fingerprint density at radius 1 is 0.525 bits per heavy atom. The zero-order chi connectivity index (χ0) is 27.8. The summed E-state index contributed by atoms with van der Waals surface area (Å²) in [5.74, 6) is 2.43. The number of nitrogens with zero attached hydrogens (tertiary/aromatic N) is 6. The highest BCUT2D eigenvalue weighted by molar-refractivity contribution is 5.55. The van der Waals surface area contributed by atoms with Crippen LogP contribution >= 0.6 is 0 Å². The number of unbranched alkanes of at least 4 members (excludes halogenated alkanes) is 1. The third-order valence-electron chi connectivity index (χ3n) is 5.46. The Balaban J connectivity index is 1.29. The maximum Gasteiger partial charge on any atom is 0.323 e. The van der Waals surface area contributed by atoms with Crippen molar-refractivity contribution in [3.05, 3.63) is 60.7 Å². The fourth-order valence-electron chi connectivity index (χ4n) is 3.51. The van der Waals surface area contributed by atoms with Gasteiger partial charge in [0, 0.05) is 31.0 Å². The molecule has 0 amide bonds. The standard InChI is InChI=1S/C28H37N11O/c1-3-17-29-23-34-24(36-26(35-23)32-21-13-7-5-8-14-21)31-19-11-12-20-40-28-38-25(30-18-4-2)37-27(39-28)33-22-15-9-6-10-16-22/h5-10,13-16H,3-4,11-12,17-20H2,1-2H3,(H2,30,33,37,38,39)(H3,29,31,32,34,35,36). The third-order valence-corrected chi connectivity index (χ3v) is 5.46. The van der Waals surface area contributed by atoms with Crippen LogP contribution in [-0.2, 0) is 0 Å². The fourth-order valence-corrected chi connectivity index (χ4v) is 3.51. The number of aromatic nitrogens is 6. The minimum atomic E-state index is 0.278. The van der Waals surface area contributed by atoms with Crippen molar-refractivity contribution < 1.29 is 4.74 Å². The van der Waals surface area contributed by atoms with Gasteiger partial charge in [0.25, 0.3) is 0 Å². The largest absolute Gasteiger partial charge is 0.463 e. The van der Waals surface area contributed by atoms with Crippen molar-refractivity contribution in [2.75, 3.05) is 52.8 Å². The van der Waals surface area contributed by atoms with Crippen molar-refractivity contribution in [3.8, 4) is 6.01 Å². The van der Waals surface area contributed by atoms with Crippen LogP contribution in [0.4, 0.5) is 41.1 Å². The quantitative estimate of drug-likeness (QED) is 0.108. The van der Waals surface area contributed by atoms with E-state index in [0.29, 0.717) is 42.9 Å². The molecular formula is C28H37N11O. The number of hydrogen-bond donors (Lipinski definition) is 5. The number of para-hydroxylation sites is 2. The van der Waals surface area contributed by atoms with Gasteiger partial charge in [0.1, 0.15) is 0 Å². The molecule has 0 aliphatic rings. The SMILES string of the molecule is CCCNc1nc(NCCCCOc2nc(NCCC)nc(Nc3ccccc3)n2)nc(Nc2ccccc2)n1. The molecule has 4 aromatic rings. The van der Waals surface area contributed by atoms with E-state index in [9.17, 15) is 0 Å². The molecule has 12 nitrogen and oxygen atoms in total. The van der Waals surface area contributed by atoms with Crippen molar-refractivity contribution in [2.24, 2.45) is 0 Å². The Bertz CT molecular complexity index is 1190. The van der Waals surface area contributed by atoms with Crippen LogP contribution in [0.25, 0.3) is 0 Å². The summed E-state index contributed by atoms with van der Waals surface area (Å²) in [5.41, 5.74) is 1.80. The lowest BCUT2D eigenvalue weighted by Crippen LogP contribution is -2.13. The molecule has 2 aromatic carbocycles. The number of ether oxygens (including phenoxy) is 1. The molecule has 0 spiro atoms. The van der Waals surface area contributed by atoms with E-state index in [-0.39, 0.29) is 6.01 Å². The van der Waals surface area contributed by atoms with Crippen LogP contribution in [-0.4, -0.2) is 56.1 Å². The van der Waals surface area contributed by atoms with E-state index in [1.807, 2.05) is 60.7 Å². The van der Waals surface area contributed by atoms with Gasteiger partial charge in [-0.3, -0.25) is 0 Å². The molecule has 4 rings (SSSR count). The first-order chi connectivity index (χ1) is 19.7. The van der Waals surface area contributed by atoms with E-state index in [1.54, 1.807) is 0 Å². The molecule has 0 aliphatic heterocycles. The molecule has 5 N–H and O–H groups in total. The van der Waals surface area contributed by atoms with Gasteiger partial charge in [-0.05, 0) is 49.9 Å². The minimum Gasteiger partial charge on any atom is -0.463 e. The van der Waals surface area contributed by atoms with Crippen molar-refractivity contribution in [1.29, 1.82) is 0 Å². The van der Waals surface area contributed by atoms with Gasteiger partial charge in [-0.15, -0.1) is 0 Å². The highest BCUT2D eigenvalue weighted by Crippen LogP contribution is 2.18. The first-order valence-electron chi connectivity index (χ1n) is 13.7. The van der Waals surface area contributed by atoms with E-state index in [1.165, 1.54) is 0 Å². The monoisotopic (exact) mass is 543 g/mol. The summed E-state index contributed by atoms with van der Waals surface area (Å²) in [6.07, 6.45) is 3.56. The smallest absolute Gasteiger partial charge is 0.323 e. The molecule has 2 heterocycles. The van der Waals surface area contributed by atoms with Crippen LogP contribution in [0, 0.1) is 0 Å². The second-order valence-electron chi connectivity index (χ2n) is 8.89. The first kappa shape index (κ1) is 28.3. The molecule has 40 heavy (non-hydrogen) atoms. The normalized spacial score (nSPS) is 10.6. The highest BCUT2D eigenvalue weighted by Gasteiger charge is 2.09. The summed E-state index contributed by atoms with van der Waals surface area (Å²) < 4.78 is 5.87. The number of rotatable bonds is 17. The lowest BCUT2D eigenvalue weighted by Gasteiger charge is -2.12. The lowest BCUT2D eigenvalue weighted by molar-refractivity contribution is 0.284. The molecule has 0 saturated carbocycles. The molecule has 0 aliphatic carbocycles. The van der Waals surface area contributed by atoms with Gasteiger partial charge < -0.3 is 31.3 Å². The molecule has 0 fully saturated rings. The summed E-state index contributed by atoms with van der Waals surface area (Å²) >= 11 is 0. The Kier molecular flexibility index (Phi) is 11.0. The number of anilines is 7. The Morgan fingerprint density at radius 2 is 0.975 bits per heavy atom. The minimum absolute atomic E-state index is 0.278. The molecule has 0 radical (unpaired) electrons. The van der Waals surface area contributed by atoms with Crippen LogP contribution in [0.15, 0.2) is 60.7 Å². The third kappa shape index (κ3) is 9.53. The van der Waals surface area contributed by atoms with Gasteiger partial charge in [-0.25, -0.2) is 0 Å². The molecule has 0 saturated heterocycles. The van der Waals surface area contributed by atoms with E-state index in [0.717, 1.165) is 50.1 Å². The molecule has 0 bridgehead atoms. The highest BCUT2D eigenvalue weighted by atomic mass is 16.5. The molecule has 12 heteroatoms. The van der Waals surface area contributed by atoms with Crippen molar-refractivity contribution in [2.45, 2.75) is 39.5 Å². The van der Waals surface area contributed by atoms with Crippen molar-refractivity contribution >= 4 is 41.1 Å². The maximum absolute atomic E-state index is 5.87. The van der Waals surface area contributed by atoms with Crippen LogP contribution < -0.4 is 31.3 Å². The number of benzene rings is 2. The van der Waals surface area contributed by atoms with Crippen LogP contribution in [0.5, 0.6) is 6.01 Å².